The van der Waals surface area contributed by atoms with Crippen molar-refractivity contribution in [1.82, 2.24) is 19.9 Å². The Bertz CT molecular complexity index is 1540. The van der Waals surface area contributed by atoms with Crippen LogP contribution in [0.1, 0.15) is 5.56 Å². The number of rotatable bonds is 8. The van der Waals surface area contributed by atoms with Gasteiger partial charge in [-0.3, -0.25) is 14.2 Å². The van der Waals surface area contributed by atoms with Gasteiger partial charge in [-0.25, -0.2) is 18.5 Å². The number of H-pyrrole nitrogens is 1. The van der Waals surface area contributed by atoms with Gasteiger partial charge in [0.2, 0.25) is 15.9 Å². The highest BCUT2D eigenvalue weighted by Crippen LogP contribution is 2.34. The van der Waals surface area contributed by atoms with E-state index in [-0.39, 0.29) is 28.4 Å². The fourth-order valence-corrected chi connectivity index (χ4v) is 4.15. The molecule has 11 nitrogen and oxygen atoms in total. The largest absolute Gasteiger partial charge is 0.493 e. The molecule has 0 aliphatic rings. The highest BCUT2D eigenvalue weighted by atomic mass is 32.2. The first-order valence-electron chi connectivity index (χ1n) is 10.2. The first-order valence-corrected chi connectivity index (χ1v) is 11.8. The van der Waals surface area contributed by atoms with Crippen LogP contribution in [0.15, 0.2) is 52.4 Å². The first kappa shape index (κ1) is 23.3. The number of amides is 1. The Labute approximate surface area is 194 Å². The Morgan fingerprint density at radius 3 is 2.47 bits per heavy atom. The maximum Gasteiger partial charge on any atom is 0.278 e. The molecule has 0 atom stereocenters. The summed E-state index contributed by atoms with van der Waals surface area (Å²) in [5, 5.41) is 8.53. The quantitative estimate of drug-likeness (QED) is 0.334. The number of hydrogen-bond acceptors (Lipinski definition) is 7. The second-order valence-corrected chi connectivity index (χ2v) is 9.13. The van der Waals surface area contributed by atoms with Gasteiger partial charge in [0, 0.05) is 18.0 Å². The average Bonchev–Trinajstić information content (AvgIpc) is 3.18. The van der Waals surface area contributed by atoms with E-state index in [0.29, 0.717) is 40.9 Å². The van der Waals surface area contributed by atoms with Crippen LogP contribution in [0.4, 0.5) is 0 Å². The average molecular weight is 486 g/mol. The molecule has 0 aliphatic heterocycles. The fourth-order valence-electron chi connectivity index (χ4n) is 3.63. The zero-order valence-electron chi connectivity index (χ0n) is 18.5. The van der Waals surface area contributed by atoms with Crippen molar-refractivity contribution in [3.8, 4) is 11.5 Å². The fraction of sp³-hybridized carbons (Fsp3) is 0.227. The molecule has 178 valence electrons. The van der Waals surface area contributed by atoms with Gasteiger partial charge in [-0.1, -0.05) is 12.1 Å². The molecule has 2 aromatic heterocycles. The standard InChI is InChI=1S/C22H23N5O6S/c1-32-17-9-15-16(10-18(17)33-2)26-21-20(15)25-12-27(22(21)29)11-19(28)24-8-7-13-3-5-14(6-4-13)34(23,30)31/h3-6,9-10,12,26H,7-8,11H2,1-2H3,(H,24,28)(H2,23,30,31). The van der Waals surface area contributed by atoms with Crippen molar-refractivity contribution in [3.05, 3.63) is 58.6 Å². The summed E-state index contributed by atoms with van der Waals surface area (Å²) in [6, 6.07) is 9.56. The summed E-state index contributed by atoms with van der Waals surface area (Å²) in [4.78, 5) is 32.8. The van der Waals surface area contributed by atoms with Crippen LogP contribution in [0, 0.1) is 0 Å². The van der Waals surface area contributed by atoms with Crippen LogP contribution >= 0.6 is 0 Å². The number of carbonyl (C=O) groups excluding carboxylic acids is 1. The van der Waals surface area contributed by atoms with E-state index in [4.69, 9.17) is 14.6 Å². The highest BCUT2D eigenvalue weighted by Gasteiger charge is 2.16. The van der Waals surface area contributed by atoms with Crippen LogP contribution in [-0.4, -0.2) is 49.6 Å². The molecule has 0 fully saturated rings. The van der Waals surface area contributed by atoms with Gasteiger partial charge in [-0.05, 0) is 30.2 Å². The van der Waals surface area contributed by atoms with Crippen LogP contribution in [0.2, 0.25) is 0 Å². The van der Waals surface area contributed by atoms with E-state index in [1.54, 1.807) is 24.3 Å². The number of fused-ring (bicyclic) bond motifs is 3. The van der Waals surface area contributed by atoms with Gasteiger partial charge in [0.05, 0.1) is 31.0 Å². The van der Waals surface area contributed by atoms with E-state index >= 15 is 0 Å². The first-order chi connectivity index (χ1) is 16.2. The molecule has 0 bridgehead atoms. The Morgan fingerprint density at radius 1 is 1.15 bits per heavy atom. The Balaban J connectivity index is 1.46. The molecule has 4 rings (SSSR count). The number of carbonyl (C=O) groups is 1. The molecule has 0 radical (unpaired) electrons. The number of ether oxygens (including phenoxy) is 2. The van der Waals surface area contributed by atoms with Crippen molar-refractivity contribution in [3.63, 3.8) is 0 Å². The molecule has 4 N–H and O–H groups in total. The topological polar surface area (TPSA) is 158 Å². The SMILES string of the molecule is COc1cc2[nH]c3c(=O)n(CC(=O)NCCc4ccc(S(N)(=O)=O)cc4)cnc3c2cc1OC. The lowest BCUT2D eigenvalue weighted by molar-refractivity contribution is -0.121. The van der Waals surface area contributed by atoms with Gasteiger partial charge in [-0.2, -0.15) is 0 Å². The highest BCUT2D eigenvalue weighted by molar-refractivity contribution is 7.89. The van der Waals surface area contributed by atoms with Crippen LogP contribution < -0.4 is 25.5 Å². The number of aromatic amines is 1. The summed E-state index contributed by atoms with van der Waals surface area (Å²) < 4.78 is 34.5. The van der Waals surface area contributed by atoms with Gasteiger partial charge in [0.25, 0.3) is 5.56 Å². The maximum atomic E-state index is 12.9. The summed E-state index contributed by atoms with van der Waals surface area (Å²) in [6.45, 7) is 0.109. The monoisotopic (exact) mass is 485 g/mol. The second-order valence-electron chi connectivity index (χ2n) is 7.57. The van der Waals surface area contributed by atoms with Crippen molar-refractivity contribution in [2.24, 2.45) is 5.14 Å². The minimum Gasteiger partial charge on any atom is -0.493 e. The van der Waals surface area contributed by atoms with Crippen molar-refractivity contribution in [1.29, 1.82) is 0 Å². The zero-order valence-corrected chi connectivity index (χ0v) is 19.3. The van der Waals surface area contributed by atoms with E-state index in [0.717, 1.165) is 5.56 Å². The normalized spacial score (nSPS) is 11.6. The molecule has 0 unspecified atom stereocenters. The lowest BCUT2D eigenvalue weighted by Gasteiger charge is -2.08. The molecule has 34 heavy (non-hydrogen) atoms. The van der Waals surface area contributed by atoms with E-state index in [2.05, 4.69) is 15.3 Å². The molecule has 0 saturated heterocycles. The van der Waals surface area contributed by atoms with E-state index in [1.807, 2.05) is 0 Å². The summed E-state index contributed by atoms with van der Waals surface area (Å²) in [5.74, 6) is 0.671. The lowest BCUT2D eigenvalue weighted by Crippen LogP contribution is -2.33. The maximum absolute atomic E-state index is 12.9. The summed E-state index contributed by atoms with van der Waals surface area (Å²) >= 11 is 0. The smallest absolute Gasteiger partial charge is 0.278 e. The third-order valence-corrected chi connectivity index (χ3v) is 6.31. The van der Waals surface area contributed by atoms with Gasteiger partial charge in [-0.15, -0.1) is 0 Å². The molecule has 2 aromatic carbocycles. The summed E-state index contributed by atoms with van der Waals surface area (Å²) in [5.41, 5.74) is 1.86. The number of nitrogens with zero attached hydrogens (tertiary/aromatic N) is 2. The molecule has 1 amide bonds. The molecular weight excluding hydrogens is 462 g/mol. The number of benzene rings is 2. The van der Waals surface area contributed by atoms with Gasteiger partial charge >= 0.3 is 0 Å². The molecule has 4 aromatic rings. The van der Waals surface area contributed by atoms with Crippen molar-refractivity contribution >= 4 is 37.9 Å². The van der Waals surface area contributed by atoms with Crippen molar-refractivity contribution in [2.45, 2.75) is 17.9 Å². The summed E-state index contributed by atoms with van der Waals surface area (Å²) in [6.07, 6.45) is 1.81. The number of methoxy groups -OCH3 is 2. The lowest BCUT2D eigenvalue weighted by atomic mass is 10.1. The van der Waals surface area contributed by atoms with Crippen LogP contribution in [0.25, 0.3) is 21.9 Å². The third kappa shape index (κ3) is 4.58. The predicted octanol–water partition coefficient (Wildman–Crippen LogP) is 0.901. The Hall–Kier alpha value is -3.90. The van der Waals surface area contributed by atoms with E-state index in [9.17, 15) is 18.0 Å². The van der Waals surface area contributed by atoms with Crippen LogP contribution in [0.5, 0.6) is 11.5 Å². The molecule has 0 aliphatic carbocycles. The minimum atomic E-state index is -3.75. The second kappa shape index (κ2) is 9.15. The molecule has 0 spiro atoms. The summed E-state index contributed by atoms with van der Waals surface area (Å²) in [7, 11) is -0.698. The third-order valence-electron chi connectivity index (χ3n) is 5.38. The van der Waals surface area contributed by atoms with E-state index in [1.165, 1.54) is 37.2 Å². The van der Waals surface area contributed by atoms with E-state index < -0.39 is 10.0 Å². The predicted molar refractivity (Wildman–Crippen MR) is 125 cm³/mol. The molecule has 2 heterocycles. The molecular formula is C22H23N5O6S. The number of primary sulfonamides is 1. The zero-order chi connectivity index (χ0) is 24.5. The molecule has 0 saturated carbocycles. The van der Waals surface area contributed by atoms with Crippen molar-refractivity contribution < 1.29 is 22.7 Å². The number of hydrogen-bond donors (Lipinski definition) is 3. The van der Waals surface area contributed by atoms with Crippen LogP contribution in [0.3, 0.4) is 0 Å². The number of nitrogens with two attached hydrogens (primary N) is 1. The van der Waals surface area contributed by atoms with Gasteiger partial charge < -0.3 is 19.8 Å². The van der Waals surface area contributed by atoms with Crippen LogP contribution in [-0.2, 0) is 27.8 Å². The number of nitrogens with one attached hydrogen (secondary N) is 2. The number of sulfonamides is 1. The molecule has 12 heteroatoms. The minimum absolute atomic E-state index is 0.0245. The van der Waals surface area contributed by atoms with Gasteiger partial charge in [0.1, 0.15) is 17.6 Å². The number of aromatic nitrogens is 3. The Morgan fingerprint density at radius 2 is 1.82 bits per heavy atom. The Kier molecular flexibility index (Phi) is 6.26. The van der Waals surface area contributed by atoms with Crippen molar-refractivity contribution in [2.75, 3.05) is 20.8 Å². The van der Waals surface area contributed by atoms with Gasteiger partial charge in [0.15, 0.2) is 11.5 Å².